The highest BCUT2D eigenvalue weighted by Crippen LogP contribution is 2.34. The molecule has 2 heterocycles. The third kappa shape index (κ3) is 1.66. The van der Waals surface area contributed by atoms with Crippen molar-refractivity contribution in [2.45, 2.75) is 44.7 Å². The predicted molar refractivity (Wildman–Crippen MR) is 66.8 cm³/mol. The normalized spacial score (nSPS) is 18.8. The lowest BCUT2D eigenvalue weighted by Gasteiger charge is -2.42. The summed E-state index contributed by atoms with van der Waals surface area (Å²) in [6, 6.07) is 0. The molecule has 16 heavy (non-hydrogen) atoms. The highest BCUT2D eigenvalue weighted by molar-refractivity contribution is 7.15. The zero-order valence-corrected chi connectivity index (χ0v) is 10.4. The molecule has 0 amide bonds. The molecule has 2 aromatic heterocycles. The highest BCUT2D eigenvalue weighted by atomic mass is 32.1. The first kappa shape index (κ1) is 10.3. The van der Waals surface area contributed by atoms with E-state index in [1.165, 1.54) is 25.7 Å². The van der Waals surface area contributed by atoms with Crippen LogP contribution in [-0.4, -0.2) is 14.9 Å². The van der Waals surface area contributed by atoms with E-state index < -0.39 is 0 Å². The van der Waals surface area contributed by atoms with E-state index in [1.807, 2.05) is 0 Å². The van der Waals surface area contributed by atoms with Crippen LogP contribution in [0.25, 0.3) is 4.96 Å². The first-order chi connectivity index (χ1) is 7.81. The summed E-state index contributed by atoms with van der Waals surface area (Å²) in [7, 11) is 0. The SMILES string of the molecule is CCC1(NCc2cn3ccsc3n2)CCC1. The van der Waals surface area contributed by atoms with Gasteiger partial charge in [-0.1, -0.05) is 6.92 Å². The molecule has 0 unspecified atom stereocenters. The molecular weight excluding hydrogens is 218 g/mol. The number of imidazole rings is 1. The first-order valence-electron chi connectivity index (χ1n) is 5.97. The fourth-order valence-corrected chi connectivity index (χ4v) is 3.12. The van der Waals surface area contributed by atoms with Gasteiger partial charge in [-0.05, 0) is 25.7 Å². The molecule has 1 aliphatic carbocycles. The molecular formula is C12H17N3S. The fraction of sp³-hybridized carbons (Fsp3) is 0.583. The van der Waals surface area contributed by atoms with E-state index in [2.05, 4.69) is 39.4 Å². The van der Waals surface area contributed by atoms with Crippen LogP contribution in [0.4, 0.5) is 0 Å². The quantitative estimate of drug-likeness (QED) is 0.883. The summed E-state index contributed by atoms with van der Waals surface area (Å²) >= 11 is 1.69. The molecule has 1 N–H and O–H groups in total. The van der Waals surface area contributed by atoms with Crippen LogP contribution in [0.5, 0.6) is 0 Å². The minimum atomic E-state index is 0.414. The Bertz CT molecular complexity index is 447. The summed E-state index contributed by atoms with van der Waals surface area (Å²) < 4.78 is 2.10. The van der Waals surface area contributed by atoms with E-state index in [1.54, 1.807) is 11.3 Å². The van der Waals surface area contributed by atoms with Crippen molar-refractivity contribution in [1.82, 2.24) is 14.7 Å². The lowest BCUT2D eigenvalue weighted by molar-refractivity contribution is 0.175. The van der Waals surface area contributed by atoms with Crippen LogP contribution in [0.3, 0.4) is 0 Å². The summed E-state index contributed by atoms with van der Waals surface area (Å²) in [5.74, 6) is 0. The Morgan fingerprint density at radius 1 is 1.56 bits per heavy atom. The molecule has 0 aromatic carbocycles. The number of nitrogens with one attached hydrogen (secondary N) is 1. The minimum absolute atomic E-state index is 0.414. The molecule has 4 heteroatoms. The maximum Gasteiger partial charge on any atom is 0.193 e. The third-order valence-corrected chi connectivity index (χ3v) is 4.55. The van der Waals surface area contributed by atoms with Crippen molar-refractivity contribution >= 4 is 16.3 Å². The molecule has 0 bridgehead atoms. The van der Waals surface area contributed by atoms with E-state index in [0.29, 0.717) is 5.54 Å². The van der Waals surface area contributed by atoms with E-state index in [0.717, 1.165) is 17.2 Å². The molecule has 3 nitrogen and oxygen atoms in total. The summed E-state index contributed by atoms with van der Waals surface area (Å²) in [6.45, 7) is 3.18. The largest absolute Gasteiger partial charge is 0.306 e. The van der Waals surface area contributed by atoms with Gasteiger partial charge < -0.3 is 5.32 Å². The Labute approximate surface area is 99.5 Å². The Kier molecular flexibility index (Phi) is 2.48. The van der Waals surface area contributed by atoms with Crippen LogP contribution in [0.2, 0.25) is 0 Å². The smallest absolute Gasteiger partial charge is 0.193 e. The number of hydrogen-bond acceptors (Lipinski definition) is 3. The number of aromatic nitrogens is 2. The second-order valence-corrected chi connectivity index (χ2v) is 5.54. The van der Waals surface area contributed by atoms with Gasteiger partial charge in [0.1, 0.15) is 0 Å². The fourth-order valence-electron chi connectivity index (χ4n) is 2.40. The monoisotopic (exact) mass is 235 g/mol. The van der Waals surface area contributed by atoms with Gasteiger partial charge in [-0.3, -0.25) is 4.40 Å². The van der Waals surface area contributed by atoms with Gasteiger partial charge in [0.05, 0.1) is 5.69 Å². The second kappa shape index (κ2) is 3.86. The molecule has 0 radical (unpaired) electrons. The zero-order chi connectivity index (χ0) is 11.0. The Balaban J connectivity index is 1.68. The predicted octanol–water partition coefficient (Wildman–Crippen LogP) is 2.82. The van der Waals surface area contributed by atoms with Crippen LogP contribution in [0.1, 0.15) is 38.3 Å². The molecule has 1 saturated carbocycles. The van der Waals surface area contributed by atoms with Crippen LogP contribution >= 0.6 is 11.3 Å². The van der Waals surface area contributed by atoms with Gasteiger partial charge in [-0.2, -0.15) is 0 Å². The maximum atomic E-state index is 4.59. The van der Waals surface area contributed by atoms with Gasteiger partial charge >= 0.3 is 0 Å². The average molecular weight is 235 g/mol. The minimum Gasteiger partial charge on any atom is -0.306 e. The molecule has 1 aliphatic rings. The van der Waals surface area contributed by atoms with Crippen molar-refractivity contribution in [3.05, 3.63) is 23.5 Å². The van der Waals surface area contributed by atoms with Crippen LogP contribution < -0.4 is 5.32 Å². The Morgan fingerprint density at radius 2 is 2.44 bits per heavy atom. The van der Waals surface area contributed by atoms with Gasteiger partial charge in [0.15, 0.2) is 4.96 Å². The van der Waals surface area contributed by atoms with Crippen LogP contribution in [0.15, 0.2) is 17.8 Å². The molecule has 2 aromatic rings. The first-order valence-corrected chi connectivity index (χ1v) is 6.85. The van der Waals surface area contributed by atoms with E-state index in [9.17, 15) is 0 Å². The van der Waals surface area contributed by atoms with E-state index in [4.69, 9.17) is 0 Å². The molecule has 0 spiro atoms. The number of fused-ring (bicyclic) bond motifs is 1. The molecule has 1 fully saturated rings. The molecule has 86 valence electrons. The van der Waals surface area contributed by atoms with Gasteiger partial charge in [0.2, 0.25) is 0 Å². The van der Waals surface area contributed by atoms with Crippen molar-refractivity contribution in [3.8, 4) is 0 Å². The zero-order valence-electron chi connectivity index (χ0n) is 9.57. The van der Waals surface area contributed by atoms with Crippen molar-refractivity contribution in [3.63, 3.8) is 0 Å². The van der Waals surface area contributed by atoms with Crippen molar-refractivity contribution < 1.29 is 0 Å². The highest BCUT2D eigenvalue weighted by Gasteiger charge is 2.34. The molecule has 3 rings (SSSR count). The van der Waals surface area contributed by atoms with Gasteiger partial charge in [0.25, 0.3) is 0 Å². The van der Waals surface area contributed by atoms with E-state index in [-0.39, 0.29) is 0 Å². The summed E-state index contributed by atoms with van der Waals surface area (Å²) in [4.78, 5) is 5.68. The summed E-state index contributed by atoms with van der Waals surface area (Å²) in [6.07, 6.45) is 9.45. The van der Waals surface area contributed by atoms with Crippen molar-refractivity contribution in [2.75, 3.05) is 0 Å². The number of hydrogen-bond donors (Lipinski definition) is 1. The Hall–Kier alpha value is -0.870. The third-order valence-electron chi connectivity index (χ3n) is 3.78. The Morgan fingerprint density at radius 3 is 3.06 bits per heavy atom. The molecule has 0 saturated heterocycles. The van der Waals surface area contributed by atoms with Crippen LogP contribution in [0, 0.1) is 0 Å². The standard InChI is InChI=1S/C12H17N3S/c1-2-12(4-3-5-12)13-8-10-9-15-6-7-16-11(15)14-10/h6-7,9,13H,2-5,8H2,1H3. The van der Waals surface area contributed by atoms with Gasteiger partial charge in [0, 0.05) is 29.9 Å². The van der Waals surface area contributed by atoms with Gasteiger partial charge in [-0.25, -0.2) is 4.98 Å². The van der Waals surface area contributed by atoms with Crippen molar-refractivity contribution in [2.24, 2.45) is 0 Å². The number of thiazole rings is 1. The maximum absolute atomic E-state index is 4.59. The lowest BCUT2D eigenvalue weighted by Crippen LogP contribution is -2.49. The summed E-state index contributed by atoms with van der Waals surface area (Å²) in [5, 5.41) is 5.75. The second-order valence-electron chi connectivity index (χ2n) is 4.67. The van der Waals surface area contributed by atoms with Crippen LogP contribution in [-0.2, 0) is 6.54 Å². The van der Waals surface area contributed by atoms with E-state index >= 15 is 0 Å². The summed E-state index contributed by atoms with van der Waals surface area (Å²) in [5.41, 5.74) is 1.57. The lowest BCUT2D eigenvalue weighted by atomic mass is 9.75. The average Bonchev–Trinajstić information content (AvgIpc) is 2.76. The van der Waals surface area contributed by atoms with Crippen molar-refractivity contribution in [1.29, 1.82) is 0 Å². The molecule has 0 aliphatic heterocycles. The number of nitrogens with zero attached hydrogens (tertiary/aromatic N) is 2. The van der Waals surface area contributed by atoms with Gasteiger partial charge in [-0.15, -0.1) is 11.3 Å². The molecule has 0 atom stereocenters. The topological polar surface area (TPSA) is 29.3 Å². The number of rotatable bonds is 4.